The van der Waals surface area contributed by atoms with Crippen LogP contribution in [-0.2, 0) is 34.2 Å². The Balaban J connectivity index is 1.19. The molecule has 0 fully saturated rings. The van der Waals surface area contributed by atoms with Crippen LogP contribution in [0, 0.1) is 6.92 Å². The molecule has 0 bridgehead atoms. The van der Waals surface area contributed by atoms with E-state index in [9.17, 15) is 8.42 Å². The van der Waals surface area contributed by atoms with Gasteiger partial charge in [0.25, 0.3) is 0 Å². The lowest BCUT2D eigenvalue weighted by molar-refractivity contribution is 0.00261. The number of sulfone groups is 1. The van der Waals surface area contributed by atoms with Gasteiger partial charge in [0.1, 0.15) is 30.8 Å². The van der Waals surface area contributed by atoms with Crippen LogP contribution in [0.15, 0.2) is 149 Å². The van der Waals surface area contributed by atoms with E-state index >= 15 is 0 Å². The van der Waals surface area contributed by atoms with Crippen molar-refractivity contribution in [3.8, 4) is 11.5 Å². The van der Waals surface area contributed by atoms with E-state index in [2.05, 4.69) is 0 Å². The van der Waals surface area contributed by atoms with Gasteiger partial charge >= 0.3 is 0 Å². The van der Waals surface area contributed by atoms with Gasteiger partial charge < -0.3 is 14.2 Å². The molecular weight excluding hydrogens is 580 g/mol. The van der Waals surface area contributed by atoms with E-state index in [4.69, 9.17) is 14.2 Å². The highest BCUT2D eigenvalue weighted by Crippen LogP contribution is 2.39. The normalized spacial score (nSPS) is 16.5. The zero-order valence-corrected chi connectivity index (χ0v) is 26.0. The summed E-state index contributed by atoms with van der Waals surface area (Å²) in [7, 11) is -3.78. The van der Waals surface area contributed by atoms with E-state index in [0.29, 0.717) is 31.8 Å². The van der Waals surface area contributed by atoms with Gasteiger partial charge in [0.05, 0.1) is 15.9 Å². The molecule has 5 nitrogen and oxygen atoms in total. The SMILES string of the molecule is Cc1ccc(S(=O)(=O)C2=CC[C@H](Cc3ccc(OCc4ccccc4)cc3)O[C@@H]2c2ccc(OCc3ccccc3)cc2)cc1. The summed E-state index contributed by atoms with van der Waals surface area (Å²) in [6.07, 6.45) is 2.03. The highest BCUT2D eigenvalue weighted by atomic mass is 32.2. The minimum atomic E-state index is -3.78. The second-order valence-electron chi connectivity index (χ2n) is 11.3. The third-order valence-corrected chi connectivity index (χ3v) is 9.77. The number of aryl methyl sites for hydroxylation is 1. The standard InChI is InChI=1S/C39H36O5S/c1-29-12-23-37(24-13-29)45(40,41)38-25-22-36(26-30-14-18-34(19-15-30)42-27-31-8-4-2-5-9-31)44-39(38)33-16-20-35(21-17-33)43-28-32-10-6-3-7-11-32/h2-21,23-25,36,39H,22,26-28H2,1H3/t36-,39-/m1/s1. The second-order valence-corrected chi connectivity index (χ2v) is 13.2. The smallest absolute Gasteiger partial charge is 0.205 e. The van der Waals surface area contributed by atoms with Crippen LogP contribution in [0.2, 0.25) is 0 Å². The maximum Gasteiger partial charge on any atom is 0.205 e. The molecule has 0 N–H and O–H groups in total. The van der Waals surface area contributed by atoms with Crippen LogP contribution >= 0.6 is 0 Å². The Kier molecular flexibility index (Phi) is 9.44. The second kappa shape index (κ2) is 14.0. The summed E-state index contributed by atoms with van der Waals surface area (Å²) >= 11 is 0. The van der Waals surface area contributed by atoms with Crippen molar-refractivity contribution in [1.29, 1.82) is 0 Å². The van der Waals surface area contributed by atoms with Gasteiger partial charge in [-0.15, -0.1) is 0 Å². The molecule has 1 aliphatic heterocycles. The third-order valence-electron chi connectivity index (χ3n) is 7.88. The van der Waals surface area contributed by atoms with Crippen LogP contribution in [0.25, 0.3) is 0 Å². The topological polar surface area (TPSA) is 61.8 Å². The fourth-order valence-corrected chi connectivity index (χ4v) is 6.91. The van der Waals surface area contributed by atoms with Crippen molar-refractivity contribution >= 4 is 9.84 Å². The summed E-state index contributed by atoms with van der Waals surface area (Å²) in [5.74, 6) is 1.50. The van der Waals surface area contributed by atoms with Gasteiger partial charge in [0, 0.05) is 0 Å². The third kappa shape index (κ3) is 7.72. The molecule has 0 spiro atoms. The predicted molar refractivity (Wildman–Crippen MR) is 177 cm³/mol. The van der Waals surface area contributed by atoms with Crippen molar-refractivity contribution in [3.63, 3.8) is 0 Å². The van der Waals surface area contributed by atoms with Crippen LogP contribution in [0.4, 0.5) is 0 Å². The first kappa shape index (κ1) is 30.4. The average Bonchev–Trinajstić information content (AvgIpc) is 3.08. The summed E-state index contributed by atoms with van der Waals surface area (Å²) in [5, 5.41) is 0. The Bertz CT molecular complexity index is 1810. The molecule has 0 aliphatic carbocycles. The molecule has 0 aromatic heterocycles. The molecule has 5 aromatic rings. The highest BCUT2D eigenvalue weighted by Gasteiger charge is 2.35. The predicted octanol–water partition coefficient (Wildman–Crippen LogP) is 8.58. The zero-order valence-electron chi connectivity index (χ0n) is 25.2. The van der Waals surface area contributed by atoms with Gasteiger partial charge in [-0.3, -0.25) is 0 Å². The Morgan fingerprint density at radius 1 is 0.644 bits per heavy atom. The van der Waals surface area contributed by atoms with Gasteiger partial charge in [0.2, 0.25) is 9.84 Å². The van der Waals surface area contributed by atoms with Gasteiger partial charge in [-0.2, -0.15) is 0 Å². The lowest BCUT2D eigenvalue weighted by Crippen LogP contribution is -2.27. The molecule has 228 valence electrons. The quantitative estimate of drug-likeness (QED) is 0.149. The van der Waals surface area contributed by atoms with Gasteiger partial charge in [-0.25, -0.2) is 8.42 Å². The molecule has 1 aliphatic rings. The van der Waals surface area contributed by atoms with Crippen LogP contribution in [0.3, 0.4) is 0 Å². The van der Waals surface area contributed by atoms with Crippen LogP contribution < -0.4 is 9.47 Å². The first-order valence-electron chi connectivity index (χ1n) is 15.1. The molecule has 45 heavy (non-hydrogen) atoms. The first-order valence-corrected chi connectivity index (χ1v) is 16.6. The van der Waals surface area contributed by atoms with Crippen molar-refractivity contribution in [2.75, 3.05) is 0 Å². The number of ether oxygens (including phenoxy) is 3. The van der Waals surface area contributed by atoms with Crippen molar-refractivity contribution in [1.82, 2.24) is 0 Å². The molecule has 0 saturated heterocycles. The largest absolute Gasteiger partial charge is 0.489 e. The van der Waals surface area contributed by atoms with Crippen molar-refractivity contribution < 1.29 is 22.6 Å². The average molecular weight is 617 g/mol. The van der Waals surface area contributed by atoms with Gasteiger partial charge in [-0.05, 0) is 78.4 Å². The molecule has 1 heterocycles. The van der Waals surface area contributed by atoms with E-state index in [0.717, 1.165) is 33.6 Å². The minimum Gasteiger partial charge on any atom is -0.489 e. The summed E-state index contributed by atoms with van der Waals surface area (Å²) in [6.45, 7) is 2.90. The lowest BCUT2D eigenvalue weighted by atomic mass is 10.00. The zero-order chi connectivity index (χ0) is 31.1. The fraction of sp³-hybridized carbons (Fsp3) is 0.179. The monoisotopic (exact) mass is 616 g/mol. The summed E-state index contributed by atoms with van der Waals surface area (Å²) in [6, 6.07) is 42.6. The van der Waals surface area contributed by atoms with Crippen LogP contribution in [0.1, 0.15) is 40.3 Å². The molecule has 5 aromatic carbocycles. The summed E-state index contributed by atoms with van der Waals surface area (Å²) in [5.41, 5.74) is 5.04. The highest BCUT2D eigenvalue weighted by molar-refractivity contribution is 7.95. The number of hydrogen-bond acceptors (Lipinski definition) is 5. The molecule has 0 amide bonds. The van der Waals surface area contributed by atoms with E-state index in [1.54, 1.807) is 12.1 Å². The number of rotatable bonds is 11. The maximum absolute atomic E-state index is 13.9. The Morgan fingerprint density at radius 3 is 1.73 bits per heavy atom. The van der Waals surface area contributed by atoms with Gasteiger partial charge in [-0.1, -0.05) is 109 Å². The lowest BCUT2D eigenvalue weighted by Gasteiger charge is -2.31. The van der Waals surface area contributed by atoms with E-state index in [-0.39, 0.29) is 15.9 Å². The molecule has 0 radical (unpaired) electrons. The number of benzene rings is 5. The molecule has 6 heteroatoms. The van der Waals surface area contributed by atoms with E-state index in [1.165, 1.54) is 0 Å². The molecule has 2 atom stereocenters. The molecule has 0 saturated carbocycles. The Labute approximate surface area is 265 Å². The van der Waals surface area contributed by atoms with Crippen LogP contribution in [-0.4, -0.2) is 14.5 Å². The molecule has 6 rings (SSSR count). The van der Waals surface area contributed by atoms with E-state index < -0.39 is 15.9 Å². The fourth-order valence-electron chi connectivity index (χ4n) is 5.35. The summed E-state index contributed by atoms with van der Waals surface area (Å²) < 4.78 is 46.3. The summed E-state index contributed by atoms with van der Waals surface area (Å²) in [4.78, 5) is 0.533. The Hall–Kier alpha value is -4.65. The number of hydrogen-bond donors (Lipinski definition) is 0. The molecular formula is C39H36O5S. The van der Waals surface area contributed by atoms with Crippen LogP contribution in [0.5, 0.6) is 11.5 Å². The van der Waals surface area contributed by atoms with E-state index in [1.807, 2.05) is 134 Å². The van der Waals surface area contributed by atoms with Crippen molar-refractivity contribution in [2.45, 2.75) is 50.1 Å². The maximum atomic E-state index is 13.9. The van der Waals surface area contributed by atoms with Gasteiger partial charge in [0.15, 0.2) is 0 Å². The van der Waals surface area contributed by atoms with Crippen molar-refractivity contribution in [3.05, 3.63) is 172 Å². The van der Waals surface area contributed by atoms with Crippen molar-refractivity contribution in [2.24, 2.45) is 0 Å². The Morgan fingerprint density at radius 2 is 1.18 bits per heavy atom. The molecule has 0 unspecified atom stereocenters. The minimum absolute atomic E-state index is 0.197. The first-order chi connectivity index (χ1) is 21.9.